The third kappa shape index (κ3) is 7.09. The Balaban J connectivity index is 0. The van der Waals surface area contributed by atoms with E-state index in [1.54, 1.807) is 0 Å². The van der Waals surface area contributed by atoms with Crippen molar-refractivity contribution in [3.8, 4) is 0 Å². The molecule has 0 spiro atoms. The molecule has 0 aliphatic carbocycles. The molecule has 0 bridgehead atoms. The van der Waals surface area contributed by atoms with Crippen LogP contribution in [-0.2, 0) is 0 Å². The summed E-state index contributed by atoms with van der Waals surface area (Å²) in [6.45, 7) is 13.7. The fourth-order valence-corrected chi connectivity index (χ4v) is 1.01. The fourth-order valence-electron chi connectivity index (χ4n) is 1.01. The van der Waals surface area contributed by atoms with Crippen molar-refractivity contribution in [1.29, 1.82) is 0 Å². The highest BCUT2D eigenvalue weighted by molar-refractivity contribution is 6.50. The molecule has 0 saturated heterocycles. The van der Waals surface area contributed by atoms with E-state index >= 15 is 0 Å². The zero-order chi connectivity index (χ0) is 14.0. The lowest BCUT2D eigenvalue weighted by atomic mass is 9.93. The van der Waals surface area contributed by atoms with Crippen LogP contribution in [0.5, 0.6) is 0 Å². The van der Waals surface area contributed by atoms with Gasteiger partial charge in [-0.1, -0.05) is 0 Å². The topological polar surface area (TPSA) is 0 Å². The second kappa shape index (κ2) is 4.94. The van der Waals surface area contributed by atoms with E-state index in [0.717, 1.165) is 4.48 Å². The lowest BCUT2D eigenvalue weighted by molar-refractivity contribution is -0.977. The van der Waals surface area contributed by atoms with Gasteiger partial charge in [-0.15, -0.1) is 0 Å². The molecule has 0 fully saturated rings. The second-order valence-electron chi connectivity index (χ2n) is 6.29. The average Bonchev–Trinajstić information content (AvgIpc) is 1.76. The molecule has 0 amide bonds. The number of hydrogen-bond donors (Lipinski definition) is 0. The van der Waals surface area contributed by atoms with E-state index in [1.165, 1.54) is 0 Å². The van der Waals surface area contributed by atoms with Gasteiger partial charge >= 0.3 is 7.25 Å². The summed E-state index contributed by atoms with van der Waals surface area (Å²) in [5.74, 6) is 0. The van der Waals surface area contributed by atoms with Crippen molar-refractivity contribution in [2.75, 3.05) is 14.1 Å². The van der Waals surface area contributed by atoms with Crippen LogP contribution < -0.4 is 0 Å². The Morgan fingerprint density at radius 3 is 0.812 bits per heavy atom. The maximum Gasteiger partial charge on any atom is 0.673 e. The highest BCUT2D eigenvalue weighted by Crippen LogP contribution is 2.30. The Kier molecular flexibility index (Phi) is 5.60. The molecular weight excluding hydrogens is 221 g/mol. The molecule has 0 aromatic carbocycles. The van der Waals surface area contributed by atoms with Gasteiger partial charge in [-0.2, -0.15) is 0 Å². The van der Waals surface area contributed by atoms with Crippen molar-refractivity contribution in [2.24, 2.45) is 0 Å². The van der Waals surface area contributed by atoms with Crippen LogP contribution >= 0.6 is 0 Å². The molecule has 0 aromatic rings. The molecule has 16 heavy (non-hydrogen) atoms. The van der Waals surface area contributed by atoms with Gasteiger partial charge in [0.1, 0.15) is 0 Å². The van der Waals surface area contributed by atoms with E-state index in [-0.39, 0.29) is 0 Å². The number of quaternary nitrogens is 1. The minimum Gasteiger partial charge on any atom is -0.418 e. The standard InChI is InChI=1S/C10H24N.BF4/c1-9(2,3)11(7,8)10(4,5)6;2-1(3,4)5/h1-8H3;/q+1;-1. The fraction of sp³-hybridized carbons (Fsp3) is 1.00. The highest BCUT2D eigenvalue weighted by atomic mass is 19.5. The van der Waals surface area contributed by atoms with Crippen LogP contribution in [-0.4, -0.2) is 36.9 Å². The van der Waals surface area contributed by atoms with Crippen molar-refractivity contribution in [3.63, 3.8) is 0 Å². The summed E-state index contributed by atoms with van der Waals surface area (Å²) in [7, 11) is -1.42. The highest BCUT2D eigenvalue weighted by Gasteiger charge is 2.41. The zero-order valence-corrected chi connectivity index (χ0v) is 11.5. The molecule has 0 radical (unpaired) electrons. The first-order valence-electron chi connectivity index (χ1n) is 5.21. The second-order valence-corrected chi connectivity index (χ2v) is 6.29. The quantitative estimate of drug-likeness (QED) is 0.344. The first kappa shape index (κ1) is 18.1. The smallest absolute Gasteiger partial charge is 0.418 e. The van der Waals surface area contributed by atoms with Crippen molar-refractivity contribution in [3.05, 3.63) is 0 Å². The molecule has 0 N–H and O–H groups in total. The lowest BCUT2D eigenvalue weighted by Crippen LogP contribution is -2.64. The van der Waals surface area contributed by atoms with E-state index < -0.39 is 7.25 Å². The Labute approximate surface area is 96.5 Å². The Hall–Kier alpha value is -0.255. The van der Waals surface area contributed by atoms with Gasteiger partial charge in [0.15, 0.2) is 0 Å². The van der Waals surface area contributed by atoms with Crippen molar-refractivity contribution in [1.82, 2.24) is 0 Å². The monoisotopic (exact) mass is 245 g/mol. The maximum atomic E-state index is 9.75. The van der Waals surface area contributed by atoms with Gasteiger partial charge in [-0.05, 0) is 41.5 Å². The van der Waals surface area contributed by atoms with Crippen LogP contribution in [0.15, 0.2) is 0 Å². The van der Waals surface area contributed by atoms with E-state index in [0.29, 0.717) is 11.1 Å². The Morgan fingerprint density at radius 2 is 0.812 bits per heavy atom. The van der Waals surface area contributed by atoms with Gasteiger partial charge in [0, 0.05) is 0 Å². The third-order valence-electron chi connectivity index (χ3n) is 3.35. The van der Waals surface area contributed by atoms with E-state index in [2.05, 4.69) is 55.6 Å². The summed E-state index contributed by atoms with van der Waals surface area (Å²) in [6.07, 6.45) is 0. The molecule has 0 aromatic heterocycles. The minimum atomic E-state index is -6.00. The van der Waals surface area contributed by atoms with Gasteiger partial charge in [0.05, 0.1) is 25.2 Å². The predicted octanol–water partition coefficient (Wildman–Crippen LogP) is 3.96. The number of hydrogen-bond acceptors (Lipinski definition) is 0. The first-order valence-corrected chi connectivity index (χ1v) is 5.21. The molecule has 0 saturated carbocycles. The first-order chi connectivity index (χ1) is 6.50. The SMILES string of the molecule is CC(C)(C)[N+](C)(C)C(C)(C)C.F[B-](F)(F)F. The molecule has 0 atom stereocenters. The van der Waals surface area contributed by atoms with Gasteiger partial charge in [-0.25, -0.2) is 0 Å². The van der Waals surface area contributed by atoms with Gasteiger partial charge in [-0.3, -0.25) is 0 Å². The third-order valence-corrected chi connectivity index (χ3v) is 3.35. The Bertz CT molecular complexity index is 188. The summed E-state index contributed by atoms with van der Waals surface area (Å²) in [5, 5.41) is 0. The van der Waals surface area contributed by atoms with Crippen molar-refractivity contribution < 1.29 is 21.7 Å². The van der Waals surface area contributed by atoms with Gasteiger partial charge in [0.2, 0.25) is 0 Å². The Morgan fingerprint density at radius 1 is 0.688 bits per heavy atom. The maximum absolute atomic E-state index is 9.75. The molecule has 6 heteroatoms. The predicted molar refractivity (Wildman–Crippen MR) is 61.8 cm³/mol. The van der Waals surface area contributed by atoms with Crippen LogP contribution in [0, 0.1) is 0 Å². The largest absolute Gasteiger partial charge is 0.673 e. The lowest BCUT2D eigenvalue weighted by Gasteiger charge is -2.51. The van der Waals surface area contributed by atoms with E-state index in [9.17, 15) is 17.3 Å². The zero-order valence-electron chi connectivity index (χ0n) is 11.5. The summed E-state index contributed by atoms with van der Waals surface area (Å²) >= 11 is 0. The number of nitrogens with zero attached hydrogens (tertiary/aromatic N) is 1. The van der Waals surface area contributed by atoms with E-state index in [1.807, 2.05) is 0 Å². The summed E-state index contributed by atoms with van der Waals surface area (Å²) < 4.78 is 40.0. The molecule has 0 heterocycles. The normalized spacial score (nSPS) is 14.2. The molecular formula is C10H24BF4N. The average molecular weight is 245 g/mol. The number of rotatable bonds is 0. The van der Waals surface area contributed by atoms with Gasteiger partial charge < -0.3 is 21.7 Å². The molecule has 0 aliphatic heterocycles. The van der Waals surface area contributed by atoms with Crippen LogP contribution in [0.3, 0.4) is 0 Å². The molecule has 0 unspecified atom stereocenters. The van der Waals surface area contributed by atoms with Crippen molar-refractivity contribution >= 4 is 7.25 Å². The number of halogens is 4. The van der Waals surface area contributed by atoms with Crippen molar-refractivity contribution in [2.45, 2.75) is 52.6 Å². The molecule has 0 rings (SSSR count). The summed E-state index contributed by atoms with van der Waals surface area (Å²) in [5.41, 5.74) is 0.635. The van der Waals surface area contributed by atoms with Crippen LogP contribution in [0.1, 0.15) is 41.5 Å². The molecule has 100 valence electrons. The molecule has 0 aliphatic rings. The van der Waals surface area contributed by atoms with Crippen LogP contribution in [0.4, 0.5) is 17.3 Å². The summed E-state index contributed by atoms with van der Waals surface area (Å²) in [6, 6.07) is 0. The minimum absolute atomic E-state index is 0.318. The van der Waals surface area contributed by atoms with Crippen LogP contribution in [0.25, 0.3) is 0 Å². The van der Waals surface area contributed by atoms with E-state index in [4.69, 9.17) is 0 Å². The van der Waals surface area contributed by atoms with Crippen LogP contribution in [0.2, 0.25) is 0 Å². The van der Waals surface area contributed by atoms with Gasteiger partial charge in [0.25, 0.3) is 0 Å². The summed E-state index contributed by atoms with van der Waals surface area (Å²) in [4.78, 5) is 0. The molecule has 1 nitrogen and oxygen atoms in total.